The van der Waals surface area contributed by atoms with E-state index >= 15 is 0 Å². The molecule has 1 aromatic carbocycles. The minimum absolute atomic E-state index is 0.00722. The maximum atomic E-state index is 13.2. The van der Waals surface area contributed by atoms with Gasteiger partial charge in [0.25, 0.3) is 0 Å². The third kappa shape index (κ3) is 3.34. The fourth-order valence-corrected chi connectivity index (χ4v) is 2.27. The van der Waals surface area contributed by atoms with Crippen LogP contribution in [0.5, 0.6) is 0 Å². The summed E-state index contributed by atoms with van der Waals surface area (Å²) in [5.74, 6) is -0.607. The number of anilines is 1. The molecule has 0 spiro atoms. The first kappa shape index (κ1) is 13.6. The molecule has 1 heterocycles. The van der Waals surface area contributed by atoms with Crippen LogP contribution in [0.3, 0.4) is 0 Å². The standard InChI is InChI=1S/C12H8BrCl2FN2/c13-11-3-1-2-7(18-11)6-17-8-4-9(14)12(16)10(15)5-8/h1-5,17H,6H2. The van der Waals surface area contributed by atoms with E-state index in [9.17, 15) is 4.39 Å². The Morgan fingerprint density at radius 3 is 2.50 bits per heavy atom. The van der Waals surface area contributed by atoms with E-state index in [1.807, 2.05) is 18.2 Å². The first-order valence-corrected chi connectivity index (χ1v) is 6.61. The Labute approximate surface area is 122 Å². The lowest BCUT2D eigenvalue weighted by molar-refractivity contribution is 0.629. The zero-order valence-corrected chi connectivity index (χ0v) is 12.2. The molecule has 94 valence electrons. The molecule has 0 saturated heterocycles. The molecule has 2 aromatic rings. The first-order chi connectivity index (χ1) is 8.56. The Hall–Kier alpha value is -0.840. The number of pyridine rings is 1. The maximum Gasteiger partial charge on any atom is 0.160 e. The summed E-state index contributed by atoms with van der Waals surface area (Å²) in [5, 5.41) is 3.06. The van der Waals surface area contributed by atoms with Gasteiger partial charge in [-0.2, -0.15) is 0 Å². The molecule has 0 unspecified atom stereocenters. The Kier molecular flexibility index (Phi) is 4.43. The molecule has 0 aliphatic rings. The van der Waals surface area contributed by atoms with E-state index in [4.69, 9.17) is 23.2 Å². The molecule has 0 amide bonds. The molecule has 0 radical (unpaired) electrons. The van der Waals surface area contributed by atoms with Gasteiger partial charge in [0, 0.05) is 5.69 Å². The van der Waals surface area contributed by atoms with Crippen LogP contribution in [-0.4, -0.2) is 4.98 Å². The van der Waals surface area contributed by atoms with Crippen LogP contribution < -0.4 is 5.32 Å². The fourth-order valence-electron chi connectivity index (χ4n) is 1.40. The second-order valence-electron chi connectivity index (χ2n) is 3.56. The largest absolute Gasteiger partial charge is 0.379 e. The summed E-state index contributed by atoms with van der Waals surface area (Å²) in [7, 11) is 0. The molecule has 6 heteroatoms. The van der Waals surface area contributed by atoms with Crippen LogP contribution in [0.4, 0.5) is 10.1 Å². The molecule has 0 saturated carbocycles. The van der Waals surface area contributed by atoms with Crippen LogP contribution in [0, 0.1) is 5.82 Å². The lowest BCUT2D eigenvalue weighted by Crippen LogP contribution is -2.02. The van der Waals surface area contributed by atoms with Gasteiger partial charge in [-0.05, 0) is 40.2 Å². The molecule has 1 N–H and O–H groups in total. The quantitative estimate of drug-likeness (QED) is 0.629. The zero-order valence-electron chi connectivity index (χ0n) is 9.05. The van der Waals surface area contributed by atoms with Crippen LogP contribution >= 0.6 is 39.1 Å². The predicted molar refractivity (Wildman–Crippen MR) is 75.7 cm³/mol. The number of nitrogens with one attached hydrogen (secondary N) is 1. The van der Waals surface area contributed by atoms with Gasteiger partial charge in [-0.3, -0.25) is 0 Å². The van der Waals surface area contributed by atoms with Gasteiger partial charge in [-0.1, -0.05) is 29.3 Å². The van der Waals surface area contributed by atoms with E-state index in [1.54, 1.807) is 0 Å². The van der Waals surface area contributed by atoms with Gasteiger partial charge in [0.15, 0.2) is 5.82 Å². The van der Waals surface area contributed by atoms with E-state index in [0.717, 1.165) is 10.3 Å². The molecule has 2 nitrogen and oxygen atoms in total. The van der Waals surface area contributed by atoms with Crippen molar-refractivity contribution >= 4 is 44.8 Å². The van der Waals surface area contributed by atoms with Crippen molar-refractivity contribution in [3.05, 3.63) is 56.5 Å². The SMILES string of the molecule is Fc1c(Cl)cc(NCc2cccc(Br)n2)cc1Cl. The smallest absolute Gasteiger partial charge is 0.160 e. The van der Waals surface area contributed by atoms with E-state index < -0.39 is 5.82 Å². The van der Waals surface area contributed by atoms with Gasteiger partial charge in [0.05, 0.1) is 22.3 Å². The number of aromatic nitrogens is 1. The molecule has 18 heavy (non-hydrogen) atoms. The van der Waals surface area contributed by atoms with Crippen molar-refractivity contribution in [3.63, 3.8) is 0 Å². The van der Waals surface area contributed by atoms with Crippen molar-refractivity contribution in [1.29, 1.82) is 0 Å². The van der Waals surface area contributed by atoms with E-state index in [-0.39, 0.29) is 10.0 Å². The van der Waals surface area contributed by atoms with Crippen LogP contribution in [0.25, 0.3) is 0 Å². The Bertz CT molecular complexity index is 555. The lowest BCUT2D eigenvalue weighted by Gasteiger charge is -2.08. The summed E-state index contributed by atoms with van der Waals surface area (Å²) in [5.41, 5.74) is 1.49. The van der Waals surface area contributed by atoms with Crippen molar-refractivity contribution < 1.29 is 4.39 Å². The minimum Gasteiger partial charge on any atom is -0.379 e. The number of benzene rings is 1. The molecular weight excluding hydrogens is 342 g/mol. The van der Waals surface area contributed by atoms with Gasteiger partial charge in [0.2, 0.25) is 0 Å². The van der Waals surface area contributed by atoms with Crippen molar-refractivity contribution in [3.8, 4) is 0 Å². The highest BCUT2D eigenvalue weighted by molar-refractivity contribution is 9.10. The number of hydrogen-bond acceptors (Lipinski definition) is 2. The summed E-state index contributed by atoms with van der Waals surface area (Å²) in [4.78, 5) is 4.26. The minimum atomic E-state index is -0.607. The van der Waals surface area contributed by atoms with Crippen LogP contribution in [0.15, 0.2) is 34.9 Å². The summed E-state index contributed by atoms with van der Waals surface area (Å²) < 4.78 is 14.0. The Morgan fingerprint density at radius 2 is 1.89 bits per heavy atom. The lowest BCUT2D eigenvalue weighted by atomic mass is 10.3. The summed E-state index contributed by atoms with van der Waals surface area (Å²) >= 11 is 14.7. The average Bonchev–Trinajstić information content (AvgIpc) is 2.33. The highest BCUT2D eigenvalue weighted by Crippen LogP contribution is 2.27. The maximum absolute atomic E-state index is 13.2. The molecular formula is C12H8BrCl2FN2. The summed E-state index contributed by atoms with van der Waals surface area (Å²) in [6, 6.07) is 8.58. The molecule has 0 fully saturated rings. The van der Waals surface area contributed by atoms with Crippen molar-refractivity contribution in [2.45, 2.75) is 6.54 Å². The van der Waals surface area contributed by atoms with E-state index in [2.05, 4.69) is 26.2 Å². The van der Waals surface area contributed by atoms with E-state index in [1.165, 1.54) is 12.1 Å². The third-order valence-electron chi connectivity index (χ3n) is 2.23. The van der Waals surface area contributed by atoms with Gasteiger partial charge in [-0.15, -0.1) is 0 Å². The molecule has 0 bridgehead atoms. The molecule has 1 aromatic heterocycles. The predicted octanol–water partition coefficient (Wildman–Crippen LogP) is 4.90. The number of nitrogens with zero attached hydrogens (tertiary/aromatic N) is 1. The molecule has 0 aliphatic heterocycles. The normalized spacial score (nSPS) is 10.4. The highest BCUT2D eigenvalue weighted by Gasteiger charge is 2.07. The number of hydrogen-bond donors (Lipinski definition) is 1. The highest BCUT2D eigenvalue weighted by atomic mass is 79.9. The third-order valence-corrected chi connectivity index (χ3v) is 3.22. The van der Waals surface area contributed by atoms with E-state index in [0.29, 0.717) is 12.2 Å². The first-order valence-electron chi connectivity index (χ1n) is 5.06. The van der Waals surface area contributed by atoms with Crippen LogP contribution in [0.1, 0.15) is 5.69 Å². The number of rotatable bonds is 3. The molecule has 0 aliphatic carbocycles. The average molecular weight is 350 g/mol. The molecule has 0 atom stereocenters. The zero-order chi connectivity index (χ0) is 13.1. The van der Waals surface area contributed by atoms with Crippen molar-refractivity contribution in [2.24, 2.45) is 0 Å². The van der Waals surface area contributed by atoms with Gasteiger partial charge in [0.1, 0.15) is 4.60 Å². The Morgan fingerprint density at radius 1 is 1.22 bits per heavy atom. The monoisotopic (exact) mass is 348 g/mol. The second-order valence-corrected chi connectivity index (χ2v) is 5.19. The molecule has 2 rings (SSSR count). The summed E-state index contributed by atoms with van der Waals surface area (Å²) in [6.45, 7) is 0.498. The number of halogens is 4. The topological polar surface area (TPSA) is 24.9 Å². The van der Waals surface area contributed by atoms with Gasteiger partial charge >= 0.3 is 0 Å². The van der Waals surface area contributed by atoms with Crippen LogP contribution in [0.2, 0.25) is 10.0 Å². The Balaban J connectivity index is 2.11. The fraction of sp³-hybridized carbons (Fsp3) is 0.0833. The summed E-state index contributed by atoms with van der Waals surface area (Å²) in [6.07, 6.45) is 0. The van der Waals surface area contributed by atoms with Gasteiger partial charge in [-0.25, -0.2) is 9.37 Å². The van der Waals surface area contributed by atoms with Crippen molar-refractivity contribution in [1.82, 2.24) is 4.98 Å². The second kappa shape index (κ2) is 5.87. The van der Waals surface area contributed by atoms with Crippen molar-refractivity contribution in [2.75, 3.05) is 5.32 Å². The van der Waals surface area contributed by atoms with Gasteiger partial charge < -0.3 is 5.32 Å². The van der Waals surface area contributed by atoms with Crippen LogP contribution in [-0.2, 0) is 6.54 Å².